The Kier molecular flexibility index (Phi) is 6.74. The van der Waals surface area contributed by atoms with E-state index < -0.39 is 6.09 Å². The van der Waals surface area contributed by atoms with E-state index in [-0.39, 0.29) is 17.7 Å². The quantitative estimate of drug-likeness (QED) is 0.742. The molecular weight excluding hydrogens is 350 g/mol. The van der Waals surface area contributed by atoms with Crippen LogP contribution in [0.2, 0.25) is 0 Å². The van der Waals surface area contributed by atoms with Gasteiger partial charge in [0.25, 0.3) is 5.91 Å². The highest BCUT2D eigenvalue weighted by atomic mass is 32.1. The van der Waals surface area contributed by atoms with Crippen LogP contribution in [0.4, 0.5) is 16.2 Å². The van der Waals surface area contributed by atoms with Crippen LogP contribution in [0.25, 0.3) is 0 Å². The molecule has 0 atom stereocenters. The van der Waals surface area contributed by atoms with Crippen LogP contribution in [0.5, 0.6) is 0 Å². The van der Waals surface area contributed by atoms with Gasteiger partial charge in [-0.1, -0.05) is 33.8 Å². The molecule has 7 heteroatoms. The molecule has 2 N–H and O–H groups in total. The first-order valence-electron chi connectivity index (χ1n) is 8.58. The van der Waals surface area contributed by atoms with Crippen LogP contribution in [-0.4, -0.2) is 23.6 Å². The number of carbonyl (C=O) groups excluding carboxylic acids is 2. The number of nitrogens with zero attached hydrogens (tertiary/aromatic N) is 1. The molecule has 0 radical (unpaired) electrons. The third kappa shape index (κ3) is 5.56. The molecule has 0 bridgehead atoms. The predicted octanol–water partition coefficient (Wildman–Crippen LogP) is 5.03. The van der Waals surface area contributed by atoms with Crippen molar-refractivity contribution < 1.29 is 14.3 Å². The molecule has 1 aromatic carbocycles. The molecule has 2 rings (SSSR count). The second kappa shape index (κ2) is 8.80. The third-order valence-corrected chi connectivity index (χ3v) is 4.88. The molecule has 2 amide bonds. The molecule has 1 aromatic heterocycles. The Labute approximate surface area is 158 Å². The van der Waals surface area contributed by atoms with Gasteiger partial charge in [0.15, 0.2) is 0 Å². The topological polar surface area (TPSA) is 80.3 Å². The molecule has 0 fully saturated rings. The highest BCUT2D eigenvalue weighted by molar-refractivity contribution is 7.14. The monoisotopic (exact) mass is 375 g/mol. The van der Waals surface area contributed by atoms with Crippen molar-refractivity contribution in [2.45, 2.75) is 40.5 Å². The molecule has 2 aromatic rings. The van der Waals surface area contributed by atoms with Gasteiger partial charge in [0.05, 0.1) is 17.3 Å². The maximum atomic E-state index is 12.5. The zero-order chi connectivity index (χ0) is 19.3. The number of ether oxygens (including phenoxy) is 1. The van der Waals surface area contributed by atoms with Crippen LogP contribution in [0, 0.1) is 12.8 Å². The fraction of sp³-hybridized carbons (Fsp3) is 0.421. The van der Waals surface area contributed by atoms with Crippen molar-refractivity contribution in [2.75, 3.05) is 17.2 Å². The van der Waals surface area contributed by atoms with Crippen molar-refractivity contribution in [3.8, 4) is 0 Å². The lowest BCUT2D eigenvalue weighted by molar-refractivity contribution is 0.102. The number of nitrogens with one attached hydrogen (secondary N) is 2. The SMILES string of the molecule is Cc1nc(C(C)C)sc1C(=O)Nc1cccc(NC(=O)OCC(C)C)c1. The average Bonchev–Trinajstić information content (AvgIpc) is 2.95. The van der Waals surface area contributed by atoms with Gasteiger partial charge >= 0.3 is 6.09 Å². The van der Waals surface area contributed by atoms with E-state index in [1.165, 1.54) is 11.3 Å². The molecular formula is C19H25N3O3S. The third-order valence-electron chi connectivity index (χ3n) is 3.43. The Morgan fingerprint density at radius 3 is 2.38 bits per heavy atom. The number of rotatable bonds is 6. The summed E-state index contributed by atoms with van der Waals surface area (Å²) >= 11 is 1.41. The maximum Gasteiger partial charge on any atom is 0.411 e. The first-order valence-corrected chi connectivity index (χ1v) is 9.40. The lowest BCUT2D eigenvalue weighted by Gasteiger charge is -2.10. The molecule has 140 valence electrons. The van der Waals surface area contributed by atoms with E-state index in [0.29, 0.717) is 22.9 Å². The minimum absolute atomic E-state index is 0.202. The summed E-state index contributed by atoms with van der Waals surface area (Å²) < 4.78 is 5.09. The highest BCUT2D eigenvalue weighted by Crippen LogP contribution is 2.25. The van der Waals surface area contributed by atoms with Gasteiger partial charge in [0.1, 0.15) is 4.88 Å². The number of amides is 2. The molecule has 0 aliphatic carbocycles. The van der Waals surface area contributed by atoms with E-state index in [9.17, 15) is 9.59 Å². The molecule has 1 heterocycles. The Morgan fingerprint density at radius 2 is 1.81 bits per heavy atom. The lowest BCUT2D eigenvalue weighted by atomic mass is 10.2. The van der Waals surface area contributed by atoms with Crippen molar-refractivity contribution in [3.63, 3.8) is 0 Å². The summed E-state index contributed by atoms with van der Waals surface area (Å²) in [6.45, 7) is 10.2. The second-order valence-electron chi connectivity index (χ2n) is 6.77. The number of carbonyl (C=O) groups is 2. The molecule has 0 saturated heterocycles. The smallest absolute Gasteiger partial charge is 0.411 e. The van der Waals surface area contributed by atoms with Crippen molar-refractivity contribution in [2.24, 2.45) is 5.92 Å². The summed E-state index contributed by atoms with van der Waals surface area (Å²) in [4.78, 5) is 29.3. The molecule has 0 saturated carbocycles. The van der Waals surface area contributed by atoms with Gasteiger partial charge in [0.2, 0.25) is 0 Å². The van der Waals surface area contributed by atoms with Crippen LogP contribution in [0.3, 0.4) is 0 Å². The number of thiazole rings is 1. The van der Waals surface area contributed by atoms with Gasteiger partial charge in [-0.3, -0.25) is 10.1 Å². The summed E-state index contributed by atoms with van der Waals surface area (Å²) in [5.41, 5.74) is 1.87. The minimum Gasteiger partial charge on any atom is -0.449 e. The molecule has 0 aliphatic rings. The number of aryl methyl sites for hydroxylation is 1. The number of anilines is 2. The molecule has 0 unspecified atom stereocenters. The largest absolute Gasteiger partial charge is 0.449 e. The summed E-state index contributed by atoms with van der Waals surface area (Å²) in [5, 5.41) is 6.45. The van der Waals surface area contributed by atoms with E-state index in [0.717, 1.165) is 10.7 Å². The number of hydrogen-bond acceptors (Lipinski definition) is 5. The Bertz CT molecular complexity index is 784. The summed E-state index contributed by atoms with van der Waals surface area (Å²) in [6.07, 6.45) is -0.512. The Hall–Kier alpha value is -2.41. The van der Waals surface area contributed by atoms with Crippen LogP contribution < -0.4 is 10.6 Å². The molecule has 26 heavy (non-hydrogen) atoms. The van der Waals surface area contributed by atoms with Crippen molar-refractivity contribution in [1.29, 1.82) is 0 Å². The number of benzene rings is 1. The van der Waals surface area contributed by atoms with Crippen molar-refractivity contribution >= 4 is 34.7 Å². The van der Waals surface area contributed by atoms with Crippen molar-refractivity contribution in [3.05, 3.63) is 39.8 Å². The molecule has 6 nitrogen and oxygen atoms in total. The lowest BCUT2D eigenvalue weighted by Crippen LogP contribution is -2.17. The fourth-order valence-electron chi connectivity index (χ4n) is 2.13. The fourth-order valence-corrected chi connectivity index (χ4v) is 3.10. The maximum absolute atomic E-state index is 12.5. The van der Waals surface area contributed by atoms with E-state index >= 15 is 0 Å². The summed E-state index contributed by atoms with van der Waals surface area (Å²) in [7, 11) is 0. The average molecular weight is 375 g/mol. The van der Waals surface area contributed by atoms with Crippen LogP contribution >= 0.6 is 11.3 Å². The van der Waals surface area contributed by atoms with Gasteiger partial charge in [-0.25, -0.2) is 9.78 Å². The van der Waals surface area contributed by atoms with Gasteiger partial charge in [-0.15, -0.1) is 11.3 Å². The first-order chi connectivity index (χ1) is 12.3. The van der Waals surface area contributed by atoms with Crippen molar-refractivity contribution in [1.82, 2.24) is 4.98 Å². The van der Waals surface area contributed by atoms with E-state index in [1.54, 1.807) is 24.3 Å². The van der Waals surface area contributed by atoms with Gasteiger partial charge in [-0.2, -0.15) is 0 Å². The number of hydrogen-bond donors (Lipinski definition) is 2. The zero-order valence-electron chi connectivity index (χ0n) is 15.8. The Morgan fingerprint density at radius 1 is 1.15 bits per heavy atom. The van der Waals surface area contributed by atoms with E-state index in [1.807, 2.05) is 34.6 Å². The standard InChI is InChI=1S/C19H25N3O3S/c1-11(2)10-25-19(24)22-15-8-6-7-14(9-15)21-17(23)16-13(5)20-18(26-16)12(3)4/h6-9,11-12H,10H2,1-5H3,(H,21,23)(H,22,24). The summed E-state index contributed by atoms with van der Waals surface area (Å²) in [5.74, 6) is 0.348. The van der Waals surface area contributed by atoms with Crippen LogP contribution in [0.15, 0.2) is 24.3 Å². The van der Waals surface area contributed by atoms with Crippen LogP contribution in [0.1, 0.15) is 54.0 Å². The highest BCUT2D eigenvalue weighted by Gasteiger charge is 2.17. The number of aromatic nitrogens is 1. The Balaban J connectivity index is 2.04. The minimum atomic E-state index is -0.512. The second-order valence-corrected chi connectivity index (χ2v) is 7.80. The zero-order valence-corrected chi connectivity index (χ0v) is 16.6. The first kappa shape index (κ1) is 19.9. The molecule has 0 spiro atoms. The van der Waals surface area contributed by atoms with Gasteiger partial charge in [-0.05, 0) is 31.0 Å². The van der Waals surface area contributed by atoms with Gasteiger partial charge in [0, 0.05) is 17.3 Å². The van der Waals surface area contributed by atoms with Crippen LogP contribution in [-0.2, 0) is 4.74 Å². The predicted molar refractivity (Wildman–Crippen MR) is 105 cm³/mol. The van der Waals surface area contributed by atoms with E-state index in [4.69, 9.17) is 4.74 Å². The van der Waals surface area contributed by atoms with E-state index in [2.05, 4.69) is 15.6 Å². The summed E-state index contributed by atoms with van der Waals surface area (Å²) in [6, 6.07) is 6.95. The molecule has 0 aliphatic heterocycles. The normalized spacial score (nSPS) is 10.9. The van der Waals surface area contributed by atoms with Gasteiger partial charge < -0.3 is 10.1 Å².